The molecule has 2 heteroatoms. The summed E-state index contributed by atoms with van der Waals surface area (Å²) < 4.78 is 1.12. The molecule has 1 aromatic rings. The molecule has 0 bridgehead atoms. The van der Waals surface area contributed by atoms with Gasteiger partial charge in [0.2, 0.25) is 0 Å². The summed E-state index contributed by atoms with van der Waals surface area (Å²) in [6.45, 7) is 4.17. The number of benzene rings is 1. The molecule has 0 saturated heterocycles. The molecule has 0 radical (unpaired) electrons. The van der Waals surface area contributed by atoms with Gasteiger partial charge in [-0.3, -0.25) is 4.79 Å². The second-order valence-electron chi connectivity index (χ2n) is 4.21. The molecule has 0 aliphatic heterocycles. The summed E-state index contributed by atoms with van der Waals surface area (Å²) in [4.78, 5) is 11.4. The molecule has 16 heavy (non-hydrogen) atoms. The van der Waals surface area contributed by atoms with Crippen LogP contribution in [0.25, 0.3) is 0 Å². The van der Waals surface area contributed by atoms with Gasteiger partial charge in [-0.2, -0.15) is 0 Å². The van der Waals surface area contributed by atoms with Gasteiger partial charge in [0, 0.05) is 17.3 Å². The van der Waals surface area contributed by atoms with Gasteiger partial charge in [0.15, 0.2) is 0 Å². The average molecular weight is 283 g/mol. The van der Waals surface area contributed by atoms with Crippen LogP contribution in [0.1, 0.15) is 43.7 Å². The molecular formula is C14H19BrO. The molecule has 0 aliphatic carbocycles. The fraction of sp³-hybridized carbons (Fsp3) is 0.500. The number of hydrogen-bond acceptors (Lipinski definition) is 1. The van der Waals surface area contributed by atoms with E-state index in [1.807, 2.05) is 0 Å². The highest BCUT2D eigenvalue weighted by molar-refractivity contribution is 9.10. The molecule has 0 spiro atoms. The number of halogens is 1. The highest BCUT2D eigenvalue weighted by Gasteiger charge is 2.02. The third kappa shape index (κ3) is 4.48. The van der Waals surface area contributed by atoms with Gasteiger partial charge in [-0.05, 0) is 49.4 Å². The van der Waals surface area contributed by atoms with E-state index in [-0.39, 0.29) is 0 Å². The average Bonchev–Trinajstić information content (AvgIpc) is 2.22. The molecule has 1 aromatic carbocycles. The predicted molar refractivity (Wildman–Crippen MR) is 71.7 cm³/mol. The Morgan fingerprint density at radius 3 is 2.69 bits per heavy atom. The molecule has 0 fully saturated rings. The van der Waals surface area contributed by atoms with Crippen LogP contribution in [0.4, 0.5) is 0 Å². The van der Waals surface area contributed by atoms with Crippen molar-refractivity contribution in [3.05, 3.63) is 33.8 Å². The maximum absolute atomic E-state index is 11.4. The first-order valence-corrected chi connectivity index (χ1v) is 6.69. The van der Waals surface area contributed by atoms with Crippen molar-refractivity contribution in [2.45, 2.75) is 46.0 Å². The van der Waals surface area contributed by atoms with Crippen LogP contribution in [0.15, 0.2) is 22.7 Å². The summed E-state index contributed by atoms with van der Waals surface area (Å²) >= 11 is 3.45. The zero-order valence-corrected chi connectivity index (χ0v) is 11.6. The van der Waals surface area contributed by atoms with Crippen LogP contribution in [0.2, 0.25) is 0 Å². The molecule has 0 amide bonds. The highest BCUT2D eigenvalue weighted by atomic mass is 79.9. The first kappa shape index (κ1) is 13.4. The smallest absolute Gasteiger partial charge is 0.132 e. The normalized spacial score (nSPS) is 10.4. The van der Waals surface area contributed by atoms with Crippen molar-refractivity contribution in [1.82, 2.24) is 0 Å². The quantitative estimate of drug-likeness (QED) is 0.753. The first-order chi connectivity index (χ1) is 7.63. The zero-order valence-electron chi connectivity index (χ0n) is 10.1. The minimum atomic E-state index is 0.400. The topological polar surface area (TPSA) is 17.1 Å². The van der Waals surface area contributed by atoms with Crippen LogP contribution in [0, 0.1) is 6.92 Å². The number of ketones is 1. The highest BCUT2D eigenvalue weighted by Crippen LogP contribution is 2.17. The predicted octanol–water partition coefficient (Wildman–Crippen LogP) is 4.45. The standard InChI is InChI=1S/C14H19BrO/c1-3-5-14(16)7-4-6-12-8-9-13(15)10-11(12)2/h8-10H,3-7H2,1-2H3. The van der Waals surface area contributed by atoms with E-state index in [0.717, 1.165) is 36.6 Å². The largest absolute Gasteiger partial charge is 0.300 e. The van der Waals surface area contributed by atoms with Gasteiger partial charge in [0.1, 0.15) is 5.78 Å². The lowest BCUT2D eigenvalue weighted by atomic mass is 10.0. The van der Waals surface area contributed by atoms with Gasteiger partial charge in [-0.1, -0.05) is 28.9 Å². The Labute approximate surface area is 106 Å². The van der Waals surface area contributed by atoms with Crippen LogP contribution < -0.4 is 0 Å². The fourth-order valence-electron chi connectivity index (χ4n) is 1.82. The number of rotatable bonds is 6. The van der Waals surface area contributed by atoms with E-state index in [9.17, 15) is 4.79 Å². The molecule has 0 unspecified atom stereocenters. The van der Waals surface area contributed by atoms with E-state index in [2.05, 4.69) is 48.0 Å². The van der Waals surface area contributed by atoms with Crippen LogP contribution in [0.3, 0.4) is 0 Å². The Morgan fingerprint density at radius 2 is 2.06 bits per heavy atom. The van der Waals surface area contributed by atoms with E-state index in [1.54, 1.807) is 0 Å². The van der Waals surface area contributed by atoms with Crippen LogP contribution in [-0.2, 0) is 11.2 Å². The second-order valence-corrected chi connectivity index (χ2v) is 5.13. The van der Waals surface area contributed by atoms with Gasteiger partial charge in [-0.25, -0.2) is 0 Å². The Balaban J connectivity index is 2.40. The number of carbonyl (C=O) groups excluding carboxylic acids is 1. The van der Waals surface area contributed by atoms with Gasteiger partial charge in [-0.15, -0.1) is 0 Å². The number of hydrogen-bond donors (Lipinski definition) is 0. The summed E-state index contributed by atoms with van der Waals surface area (Å²) in [7, 11) is 0. The molecule has 1 nitrogen and oxygen atoms in total. The van der Waals surface area contributed by atoms with Crippen molar-refractivity contribution in [1.29, 1.82) is 0 Å². The van der Waals surface area contributed by atoms with E-state index >= 15 is 0 Å². The zero-order chi connectivity index (χ0) is 12.0. The third-order valence-corrected chi connectivity index (χ3v) is 3.23. The first-order valence-electron chi connectivity index (χ1n) is 5.90. The lowest BCUT2D eigenvalue weighted by molar-refractivity contribution is -0.119. The van der Waals surface area contributed by atoms with E-state index in [4.69, 9.17) is 0 Å². The SMILES string of the molecule is CCCC(=O)CCCc1ccc(Br)cc1C. The van der Waals surface area contributed by atoms with Gasteiger partial charge >= 0.3 is 0 Å². The van der Waals surface area contributed by atoms with Crippen molar-refractivity contribution in [2.24, 2.45) is 0 Å². The van der Waals surface area contributed by atoms with Crippen molar-refractivity contribution < 1.29 is 4.79 Å². The van der Waals surface area contributed by atoms with Crippen molar-refractivity contribution in [2.75, 3.05) is 0 Å². The van der Waals surface area contributed by atoms with E-state index in [0.29, 0.717) is 5.78 Å². The monoisotopic (exact) mass is 282 g/mol. The summed E-state index contributed by atoms with van der Waals surface area (Å²) in [5.41, 5.74) is 2.66. The molecule has 0 aromatic heterocycles. The number of carbonyl (C=O) groups is 1. The molecule has 0 aliphatic rings. The Kier molecular flexibility index (Phi) is 5.75. The number of aryl methyl sites for hydroxylation is 2. The fourth-order valence-corrected chi connectivity index (χ4v) is 2.30. The Hall–Kier alpha value is -0.630. The minimum absolute atomic E-state index is 0.400. The van der Waals surface area contributed by atoms with Crippen molar-refractivity contribution in [3.8, 4) is 0 Å². The lowest BCUT2D eigenvalue weighted by Gasteiger charge is -2.05. The maximum atomic E-state index is 11.4. The Bertz CT molecular complexity index is 358. The van der Waals surface area contributed by atoms with Crippen molar-refractivity contribution >= 4 is 21.7 Å². The molecule has 0 N–H and O–H groups in total. The summed E-state index contributed by atoms with van der Waals surface area (Å²) in [5.74, 6) is 0.400. The van der Waals surface area contributed by atoms with Gasteiger partial charge in [0.25, 0.3) is 0 Å². The molecule has 88 valence electrons. The van der Waals surface area contributed by atoms with Crippen LogP contribution >= 0.6 is 15.9 Å². The van der Waals surface area contributed by atoms with Gasteiger partial charge in [0.05, 0.1) is 0 Å². The van der Waals surface area contributed by atoms with Crippen LogP contribution in [0.5, 0.6) is 0 Å². The summed E-state index contributed by atoms with van der Waals surface area (Å²) in [6, 6.07) is 6.34. The Morgan fingerprint density at radius 1 is 1.31 bits per heavy atom. The molecule has 1 rings (SSSR count). The lowest BCUT2D eigenvalue weighted by Crippen LogP contribution is -1.98. The molecular weight excluding hydrogens is 264 g/mol. The maximum Gasteiger partial charge on any atom is 0.132 e. The third-order valence-electron chi connectivity index (χ3n) is 2.74. The van der Waals surface area contributed by atoms with Crippen LogP contribution in [-0.4, -0.2) is 5.78 Å². The van der Waals surface area contributed by atoms with Crippen molar-refractivity contribution in [3.63, 3.8) is 0 Å². The molecule has 0 heterocycles. The second kappa shape index (κ2) is 6.85. The number of Topliss-reactive ketones (excluding diaryl/α,β-unsaturated/α-hetero) is 1. The van der Waals surface area contributed by atoms with E-state index in [1.165, 1.54) is 11.1 Å². The molecule has 0 atom stereocenters. The molecule has 0 saturated carbocycles. The summed E-state index contributed by atoms with van der Waals surface area (Å²) in [5, 5.41) is 0. The van der Waals surface area contributed by atoms with E-state index < -0.39 is 0 Å². The summed E-state index contributed by atoms with van der Waals surface area (Å²) in [6.07, 6.45) is 4.41. The minimum Gasteiger partial charge on any atom is -0.300 e. The van der Waals surface area contributed by atoms with Gasteiger partial charge < -0.3 is 0 Å².